The third-order valence-corrected chi connectivity index (χ3v) is 3.18. The van der Waals surface area contributed by atoms with Crippen LogP contribution in [0.15, 0.2) is 29.1 Å². The number of aromatic nitrogens is 1. The number of rotatable bonds is 6. The van der Waals surface area contributed by atoms with Crippen molar-refractivity contribution in [2.24, 2.45) is 0 Å². The summed E-state index contributed by atoms with van der Waals surface area (Å²) in [4.78, 5) is 39.9. The summed E-state index contributed by atoms with van der Waals surface area (Å²) < 4.78 is 42.8. The van der Waals surface area contributed by atoms with Crippen molar-refractivity contribution >= 4 is 22.8 Å². The Morgan fingerprint density at radius 2 is 1.92 bits per heavy atom. The molecule has 2 aromatic rings. The molecule has 0 aliphatic rings. The van der Waals surface area contributed by atoms with Crippen molar-refractivity contribution in [3.05, 3.63) is 40.2 Å². The van der Waals surface area contributed by atoms with Crippen LogP contribution in [0.1, 0.15) is 10.4 Å². The molecule has 1 amide bonds. The first-order chi connectivity index (χ1) is 12.2. The number of hydrogen-bond acceptors (Lipinski definition) is 5. The Morgan fingerprint density at radius 3 is 2.50 bits per heavy atom. The highest BCUT2D eigenvalue weighted by Crippen LogP contribution is 2.27. The first kappa shape index (κ1) is 19.1. The van der Waals surface area contributed by atoms with E-state index >= 15 is 0 Å². The van der Waals surface area contributed by atoms with Crippen molar-refractivity contribution in [2.75, 3.05) is 20.3 Å². The first-order valence-electron chi connectivity index (χ1n) is 7.07. The van der Waals surface area contributed by atoms with Gasteiger partial charge in [-0.3, -0.25) is 14.4 Å². The van der Waals surface area contributed by atoms with Gasteiger partial charge in [0.2, 0.25) is 6.61 Å². The number of hydrogen-bond donors (Lipinski definition) is 2. The predicted molar refractivity (Wildman–Crippen MR) is 82.2 cm³/mol. The number of carboxylic acid groups (broad SMARTS) is 1. The lowest BCUT2D eigenvalue weighted by Crippen LogP contribution is -2.39. The molecule has 0 bridgehead atoms. The molecule has 0 radical (unpaired) electrons. The van der Waals surface area contributed by atoms with E-state index in [0.29, 0.717) is 4.73 Å². The maximum absolute atomic E-state index is 12.5. The SMILES string of the molecule is COc1c(C(=O)NCC(=O)O)c(=O)n(OCC(F)(F)F)c2ccccc12. The molecule has 0 saturated heterocycles. The van der Waals surface area contributed by atoms with Crippen LogP contribution >= 0.6 is 0 Å². The van der Waals surface area contributed by atoms with Crippen LogP contribution in [0.3, 0.4) is 0 Å². The number of nitrogens with one attached hydrogen (secondary N) is 1. The molecule has 0 unspecified atom stereocenters. The summed E-state index contributed by atoms with van der Waals surface area (Å²) in [6, 6.07) is 5.70. The van der Waals surface area contributed by atoms with Gasteiger partial charge in [0.05, 0.1) is 12.6 Å². The maximum Gasteiger partial charge on any atom is 0.425 e. The van der Waals surface area contributed by atoms with Crippen LogP contribution in [0.5, 0.6) is 5.75 Å². The molecule has 1 heterocycles. The van der Waals surface area contributed by atoms with Crippen LogP contribution in [0.25, 0.3) is 10.9 Å². The molecule has 1 aromatic heterocycles. The lowest BCUT2D eigenvalue weighted by atomic mass is 10.1. The minimum absolute atomic E-state index is 0.0478. The van der Waals surface area contributed by atoms with Crippen LogP contribution < -0.4 is 20.5 Å². The first-order valence-corrected chi connectivity index (χ1v) is 7.07. The number of carbonyl (C=O) groups is 2. The number of methoxy groups -OCH3 is 1. The van der Waals surface area contributed by atoms with Gasteiger partial charge in [0, 0.05) is 5.39 Å². The summed E-state index contributed by atoms with van der Waals surface area (Å²) in [7, 11) is 1.16. The highest BCUT2D eigenvalue weighted by Gasteiger charge is 2.31. The fourth-order valence-electron chi connectivity index (χ4n) is 2.21. The Morgan fingerprint density at radius 1 is 1.27 bits per heavy atom. The molecule has 2 rings (SSSR count). The number of fused-ring (bicyclic) bond motifs is 1. The number of carbonyl (C=O) groups excluding carboxylic acids is 1. The molecule has 140 valence electrons. The van der Waals surface area contributed by atoms with E-state index in [1.807, 2.05) is 5.32 Å². The van der Waals surface area contributed by atoms with E-state index in [-0.39, 0.29) is 16.7 Å². The molecule has 0 atom stereocenters. The maximum atomic E-state index is 12.5. The highest BCUT2D eigenvalue weighted by molar-refractivity contribution is 6.03. The second kappa shape index (κ2) is 7.33. The highest BCUT2D eigenvalue weighted by atomic mass is 19.4. The lowest BCUT2D eigenvalue weighted by Gasteiger charge is -2.17. The summed E-state index contributed by atoms with van der Waals surface area (Å²) in [6.07, 6.45) is -4.72. The number of alkyl halides is 3. The zero-order chi connectivity index (χ0) is 19.5. The van der Waals surface area contributed by atoms with E-state index in [1.54, 1.807) is 0 Å². The molecule has 0 spiro atoms. The fraction of sp³-hybridized carbons (Fsp3) is 0.267. The molecule has 8 nitrogen and oxygen atoms in total. The summed E-state index contributed by atoms with van der Waals surface area (Å²) in [6.45, 7) is -2.56. The number of nitrogens with zero attached hydrogens (tertiary/aromatic N) is 1. The number of halogens is 3. The van der Waals surface area contributed by atoms with Gasteiger partial charge < -0.3 is 20.0 Å². The third-order valence-electron chi connectivity index (χ3n) is 3.18. The molecule has 0 fully saturated rings. The van der Waals surface area contributed by atoms with Crippen molar-refractivity contribution in [3.8, 4) is 5.75 Å². The monoisotopic (exact) mass is 374 g/mol. The minimum Gasteiger partial charge on any atom is -0.495 e. The Balaban J connectivity index is 2.66. The Bertz CT molecular complexity index is 907. The van der Waals surface area contributed by atoms with Gasteiger partial charge in [-0.15, -0.1) is 4.73 Å². The van der Waals surface area contributed by atoms with Gasteiger partial charge in [-0.05, 0) is 12.1 Å². The lowest BCUT2D eigenvalue weighted by molar-refractivity contribution is -0.174. The molecule has 1 aromatic carbocycles. The van der Waals surface area contributed by atoms with Gasteiger partial charge in [0.15, 0.2) is 5.56 Å². The minimum atomic E-state index is -4.72. The number of para-hydroxylation sites is 1. The van der Waals surface area contributed by atoms with Gasteiger partial charge in [-0.25, -0.2) is 0 Å². The standard InChI is InChI=1S/C15H13F3N2O6/c1-25-12-8-4-2-3-5-9(8)20(26-7-15(16,17)18)14(24)11(12)13(23)19-6-10(21)22/h2-5H,6-7H2,1H3,(H,19,23)(H,21,22). The van der Waals surface area contributed by atoms with E-state index in [1.165, 1.54) is 24.3 Å². The van der Waals surface area contributed by atoms with Crippen molar-refractivity contribution in [1.82, 2.24) is 10.0 Å². The number of pyridine rings is 1. The van der Waals surface area contributed by atoms with Crippen LogP contribution in [0.4, 0.5) is 13.2 Å². The van der Waals surface area contributed by atoms with Crippen LogP contribution in [-0.4, -0.2) is 48.2 Å². The molecular formula is C15H13F3N2O6. The second-order valence-corrected chi connectivity index (χ2v) is 4.99. The molecular weight excluding hydrogens is 361 g/mol. The molecule has 2 N–H and O–H groups in total. The van der Waals surface area contributed by atoms with Gasteiger partial charge in [-0.2, -0.15) is 13.2 Å². The smallest absolute Gasteiger partial charge is 0.425 e. The molecule has 0 aliphatic heterocycles. The Hall–Kier alpha value is -3.24. The van der Waals surface area contributed by atoms with E-state index in [4.69, 9.17) is 9.84 Å². The quantitative estimate of drug-likeness (QED) is 0.775. The predicted octanol–water partition coefficient (Wildman–Crippen LogP) is 0.815. The van der Waals surface area contributed by atoms with Crippen molar-refractivity contribution in [3.63, 3.8) is 0 Å². The number of aliphatic carboxylic acids is 1. The zero-order valence-corrected chi connectivity index (χ0v) is 13.3. The van der Waals surface area contributed by atoms with Gasteiger partial charge in [-0.1, -0.05) is 12.1 Å². The van der Waals surface area contributed by atoms with Gasteiger partial charge in [0.1, 0.15) is 12.3 Å². The van der Waals surface area contributed by atoms with Crippen LogP contribution in [-0.2, 0) is 4.79 Å². The van der Waals surface area contributed by atoms with Crippen molar-refractivity contribution < 1.29 is 37.4 Å². The average Bonchev–Trinajstić information content (AvgIpc) is 2.56. The fourth-order valence-corrected chi connectivity index (χ4v) is 2.21. The van der Waals surface area contributed by atoms with Gasteiger partial charge in [0.25, 0.3) is 11.5 Å². The van der Waals surface area contributed by atoms with E-state index in [2.05, 4.69) is 4.84 Å². The molecule has 11 heteroatoms. The average molecular weight is 374 g/mol. The summed E-state index contributed by atoms with van der Waals surface area (Å²) in [5, 5.41) is 10.7. The summed E-state index contributed by atoms with van der Waals surface area (Å²) in [5.74, 6) is -2.70. The van der Waals surface area contributed by atoms with E-state index in [9.17, 15) is 27.6 Å². The molecule has 0 aliphatic carbocycles. The molecule has 0 saturated carbocycles. The second-order valence-electron chi connectivity index (χ2n) is 4.99. The summed E-state index contributed by atoms with van der Waals surface area (Å²) in [5.41, 5.74) is -1.93. The van der Waals surface area contributed by atoms with E-state index in [0.717, 1.165) is 7.11 Å². The van der Waals surface area contributed by atoms with Crippen LogP contribution in [0, 0.1) is 0 Å². The van der Waals surface area contributed by atoms with Crippen molar-refractivity contribution in [1.29, 1.82) is 0 Å². The number of ether oxygens (including phenoxy) is 1. The Labute approximate surface area is 143 Å². The zero-order valence-electron chi connectivity index (χ0n) is 13.3. The largest absolute Gasteiger partial charge is 0.495 e. The van der Waals surface area contributed by atoms with Crippen LogP contribution in [0.2, 0.25) is 0 Å². The normalized spacial score (nSPS) is 11.2. The third kappa shape index (κ3) is 4.05. The number of benzene rings is 1. The van der Waals surface area contributed by atoms with Gasteiger partial charge >= 0.3 is 12.1 Å². The Kier molecular flexibility index (Phi) is 5.38. The number of carboxylic acids is 1. The summed E-state index contributed by atoms with van der Waals surface area (Å²) >= 11 is 0. The molecule has 26 heavy (non-hydrogen) atoms. The van der Waals surface area contributed by atoms with Crippen molar-refractivity contribution in [2.45, 2.75) is 6.18 Å². The topological polar surface area (TPSA) is 107 Å². The number of amides is 1. The van der Waals surface area contributed by atoms with E-state index < -0.39 is 42.3 Å².